The van der Waals surface area contributed by atoms with Gasteiger partial charge in [0, 0.05) is 10.9 Å². The summed E-state index contributed by atoms with van der Waals surface area (Å²) in [4.78, 5) is 10.3. The third kappa shape index (κ3) is 2.09. The molecule has 0 atom stereocenters. The summed E-state index contributed by atoms with van der Waals surface area (Å²) in [5.74, 6) is -5.96. The molecule has 0 saturated heterocycles. The molecule has 0 saturated carbocycles. The van der Waals surface area contributed by atoms with Gasteiger partial charge in [0.1, 0.15) is 0 Å². The second-order valence-corrected chi connectivity index (χ2v) is 3.27. The van der Waals surface area contributed by atoms with Gasteiger partial charge < -0.3 is 5.11 Å². The lowest BCUT2D eigenvalue weighted by Crippen LogP contribution is -2.25. The lowest BCUT2D eigenvalue weighted by atomic mass is 10.1. The van der Waals surface area contributed by atoms with E-state index in [0.717, 1.165) is 6.07 Å². The number of alkyl halides is 3. The Kier molecular flexibility index (Phi) is 3.21. The van der Waals surface area contributed by atoms with Crippen LogP contribution in [0.15, 0.2) is 24.3 Å². The smallest absolute Gasteiger partial charge is 0.379 e. The highest BCUT2D eigenvalue weighted by atomic mass is 79.9. The molecule has 76 valence electrons. The van der Waals surface area contributed by atoms with Gasteiger partial charge in [-0.25, -0.2) is 4.79 Å². The predicted octanol–water partition coefficient (Wildman–Crippen LogP) is 2.76. The van der Waals surface area contributed by atoms with Gasteiger partial charge in [0.05, 0.1) is 0 Å². The Labute approximate surface area is 87.7 Å². The standard InChI is InChI=1S/C9H7BrF2O2/c10-5-6-2-1-3-7(4-6)9(11,12)8(13)14/h1-4H,5H2,(H,13,14). The van der Waals surface area contributed by atoms with E-state index in [4.69, 9.17) is 5.11 Å². The predicted molar refractivity (Wildman–Crippen MR) is 50.6 cm³/mol. The van der Waals surface area contributed by atoms with Crippen LogP contribution >= 0.6 is 15.9 Å². The van der Waals surface area contributed by atoms with E-state index in [1.807, 2.05) is 0 Å². The SMILES string of the molecule is O=C(O)C(F)(F)c1cccc(CBr)c1. The molecule has 0 spiro atoms. The van der Waals surface area contributed by atoms with E-state index in [0.29, 0.717) is 10.9 Å². The second-order valence-electron chi connectivity index (χ2n) is 2.71. The Bertz CT molecular complexity index is 352. The Morgan fingerprint density at radius 1 is 1.50 bits per heavy atom. The summed E-state index contributed by atoms with van der Waals surface area (Å²) in [6.07, 6.45) is 0. The molecule has 5 heteroatoms. The zero-order valence-electron chi connectivity index (χ0n) is 7.01. The largest absolute Gasteiger partial charge is 0.477 e. The van der Waals surface area contributed by atoms with Gasteiger partial charge in [0.15, 0.2) is 0 Å². The number of halogens is 3. The number of benzene rings is 1. The normalized spacial score (nSPS) is 11.4. The highest BCUT2D eigenvalue weighted by molar-refractivity contribution is 9.08. The fraction of sp³-hybridized carbons (Fsp3) is 0.222. The molecular formula is C9H7BrF2O2. The molecule has 14 heavy (non-hydrogen) atoms. The number of hydrogen-bond acceptors (Lipinski definition) is 1. The quantitative estimate of drug-likeness (QED) is 0.853. The Hall–Kier alpha value is -0.970. The van der Waals surface area contributed by atoms with Gasteiger partial charge in [-0.3, -0.25) is 0 Å². The van der Waals surface area contributed by atoms with Crippen molar-refractivity contribution >= 4 is 21.9 Å². The van der Waals surface area contributed by atoms with Crippen molar-refractivity contribution in [1.82, 2.24) is 0 Å². The number of hydrogen-bond donors (Lipinski definition) is 1. The summed E-state index contributed by atoms with van der Waals surface area (Å²) in [6, 6.07) is 5.31. The van der Waals surface area contributed by atoms with Gasteiger partial charge in [-0.2, -0.15) is 8.78 Å². The summed E-state index contributed by atoms with van der Waals surface area (Å²) < 4.78 is 26.0. The second kappa shape index (κ2) is 4.04. The molecule has 0 amide bonds. The minimum atomic E-state index is -3.82. The molecule has 0 aliphatic rings. The lowest BCUT2D eigenvalue weighted by molar-refractivity contribution is -0.166. The Balaban J connectivity index is 3.12. The summed E-state index contributed by atoms with van der Waals surface area (Å²) in [5, 5.41) is 8.71. The zero-order chi connectivity index (χ0) is 10.8. The van der Waals surface area contributed by atoms with Gasteiger partial charge in [0.25, 0.3) is 0 Å². The number of carbonyl (C=O) groups is 1. The molecule has 0 unspecified atom stereocenters. The van der Waals surface area contributed by atoms with Gasteiger partial charge in [-0.05, 0) is 11.6 Å². The highest BCUT2D eigenvalue weighted by Crippen LogP contribution is 2.28. The minimum Gasteiger partial charge on any atom is -0.477 e. The van der Waals surface area contributed by atoms with E-state index in [1.54, 1.807) is 6.07 Å². The van der Waals surface area contributed by atoms with Gasteiger partial charge in [-0.1, -0.05) is 34.1 Å². The molecule has 1 aromatic carbocycles. The molecule has 0 fully saturated rings. The van der Waals surface area contributed by atoms with E-state index >= 15 is 0 Å². The maximum absolute atomic E-state index is 13.0. The first-order valence-corrected chi connectivity index (χ1v) is 4.87. The van der Waals surface area contributed by atoms with Crippen LogP contribution in [0.3, 0.4) is 0 Å². The fourth-order valence-corrected chi connectivity index (χ4v) is 1.32. The molecule has 1 aromatic rings. The summed E-state index contributed by atoms with van der Waals surface area (Å²) in [7, 11) is 0. The van der Waals surface area contributed by atoms with Gasteiger partial charge >= 0.3 is 11.9 Å². The molecule has 0 aliphatic carbocycles. The van der Waals surface area contributed by atoms with Crippen molar-refractivity contribution in [2.24, 2.45) is 0 Å². The Morgan fingerprint density at radius 3 is 2.64 bits per heavy atom. The molecule has 0 heterocycles. The number of aliphatic carboxylic acids is 1. The van der Waals surface area contributed by atoms with Crippen LogP contribution in [0.4, 0.5) is 8.78 Å². The van der Waals surface area contributed by atoms with Crippen molar-refractivity contribution in [3.05, 3.63) is 35.4 Å². The number of carboxylic acids is 1. The first kappa shape index (κ1) is 11.1. The third-order valence-electron chi connectivity index (χ3n) is 1.71. The van der Waals surface area contributed by atoms with Crippen LogP contribution < -0.4 is 0 Å². The number of carboxylic acid groups (broad SMARTS) is 1. The molecular weight excluding hydrogens is 258 g/mol. The molecule has 0 aliphatic heterocycles. The van der Waals surface area contributed by atoms with Crippen molar-refractivity contribution in [3.63, 3.8) is 0 Å². The summed E-state index contributed by atoms with van der Waals surface area (Å²) >= 11 is 3.10. The van der Waals surface area contributed by atoms with E-state index in [2.05, 4.69) is 15.9 Å². The first-order valence-electron chi connectivity index (χ1n) is 3.75. The van der Waals surface area contributed by atoms with Crippen molar-refractivity contribution in [2.75, 3.05) is 0 Å². The molecule has 1 N–H and O–H groups in total. The van der Waals surface area contributed by atoms with Crippen LogP contribution in [0.25, 0.3) is 0 Å². The van der Waals surface area contributed by atoms with E-state index in [1.165, 1.54) is 12.1 Å². The molecule has 0 bridgehead atoms. The van der Waals surface area contributed by atoms with Gasteiger partial charge in [0.2, 0.25) is 0 Å². The average Bonchev–Trinajstić information content (AvgIpc) is 2.17. The molecule has 1 rings (SSSR count). The van der Waals surface area contributed by atoms with Crippen LogP contribution in [0.1, 0.15) is 11.1 Å². The van der Waals surface area contributed by atoms with Crippen molar-refractivity contribution in [2.45, 2.75) is 11.3 Å². The fourth-order valence-electron chi connectivity index (χ4n) is 0.973. The first-order chi connectivity index (χ1) is 6.48. The summed E-state index contributed by atoms with van der Waals surface area (Å²) in [5.41, 5.74) is 0.116. The molecule has 0 radical (unpaired) electrons. The van der Waals surface area contributed by atoms with Crippen molar-refractivity contribution in [3.8, 4) is 0 Å². The topological polar surface area (TPSA) is 37.3 Å². The maximum Gasteiger partial charge on any atom is 0.379 e. The van der Waals surface area contributed by atoms with Crippen molar-refractivity contribution < 1.29 is 18.7 Å². The highest BCUT2D eigenvalue weighted by Gasteiger charge is 2.40. The van der Waals surface area contributed by atoms with E-state index < -0.39 is 17.5 Å². The number of rotatable bonds is 3. The maximum atomic E-state index is 13.0. The Morgan fingerprint density at radius 2 is 2.14 bits per heavy atom. The van der Waals surface area contributed by atoms with Crippen LogP contribution in [0.2, 0.25) is 0 Å². The third-order valence-corrected chi connectivity index (χ3v) is 2.36. The van der Waals surface area contributed by atoms with Gasteiger partial charge in [-0.15, -0.1) is 0 Å². The monoisotopic (exact) mass is 264 g/mol. The van der Waals surface area contributed by atoms with Crippen LogP contribution in [-0.4, -0.2) is 11.1 Å². The van der Waals surface area contributed by atoms with E-state index in [9.17, 15) is 13.6 Å². The zero-order valence-corrected chi connectivity index (χ0v) is 8.59. The average molecular weight is 265 g/mol. The van der Waals surface area contributed by atoms with Crippen LogP contribution in [-0.2, 0) is 16.0 Å². The lowest BCUT2D eigenvalue weighted by Gasteiger charge is -2.11. The molecule has 0 aromatic heterocycles. The van der Waals surface area contributed by atoms with Crippen LogP contribution in [0, 0.1) is 0 Å². The van der Waals surface area contributed by atoms with Crippen LogP contribution in [0.5, 0.6) is 0 Å². The minimum absolute atomic E-state index is 0.413. The molecule has 2 nitrogen and oxygen atoms in total. The summed E-state index contributed by atoms with van der Waals surface area (Å²) in [6.45, 7) is 0. The van der Waals surface area contributed by atoms with Crippen molar-refractivity contribution in [1.29, 1.82) is 0 Å². The van der Waals surface area contributed by atoms with E-state index in [-0.39, 0.29) is 0 Å².